The smallest absolute Gasteiger partial charge is 0.225 e. The number of hydrogen-bond acceptors (Lipinski definition) is 2. The molecule has 3 aromatic rings. The zero-order valence-corrected chi connectivity index (χ0v) is 15.8. The minimum Gasteiger partial charge on any atom is -0.369 e. The number of para-hydroxylation sites is 1. The lowest BCUT2D eigenvalue weighted by Gasteiger charge is -2.17. The van der Waals surface area contributed by atoms with Crippen LogP contribution in [0.4, 0.5) is 0 Å². The van der Waals surface area contributed by atoms with E-state index in [2.05, 4.69) is 37.1 Å². The first-order valence-electron chi connectivity index (χ1n) is 8.85. The van der Waals surface area contributed by atoms with Gasteiger partial charge in [-0.05, 0) is 57.4 Å². The molecule has 0 spiro atoms. The van der Waals surface area contributed by atoms with Gasteiger partial charge in [0.2, 0.25) is 5.91 Å². The number of amides is 1. The molecule has 0 aliphatic carbocycles. The summed E-state index contributed by atoms with van der Waals surface area (Å²) >= 11 is 0. The summed E-state index contributed by atoms with van der Waals surface area (Å²) in [6.45, 7) is 8.08. The Labute approximate surface area is 154 Å². The van der Waals surface area contributed by atoms with E-state index in [4.69, 9.17) is 5.73 Å². The average Bonchev–Trinajstić information content (AvgIpc) is 2.91. The molecule has 0 fully saturated rings. The van der Waals surface area contributed by atoms with Crippen molar-refractivity contribution >= 4 is 5.91 Å². The third-order valence-corrected chi connectivity index (χ3v) is 4.97. The van der Waals surface area contributed by atoms with Gasteiger partial charge in [-0.1, -0.05) is 42.0 Å². The van der Waals surface area contributed by atoms with Crippen molar-refractivity contribution in [3.05, 3.63) is 82.2 Å². The van der Waals surface area contributed by atoms with E-state index in [1.807, 2.05) is 48.9 Å². The van der Waals surface area contributed by atoms with Gasteiger partial charge in [-0.25, -0.2) is 4.68 Å². The zero-order chi connectivity index (χ0) is 18.8. The van der Waals surface area contributed by atoms with Gasteiger partial charge in [0.15, 0.2) is 0 Å². The Balaban J connectivity index is 2.05. The molecule has 1 aromatic heterocycles. The van der Waals surface area contributed by atoms with Gasteiger partial charge in [-0.2, -0.15) is 5.10 Å². The molecular formula is C22H25N3O. The Hall–Kier alpha value is -2.88. The summed E-state index contributed by atoms with van der Waals surface area (Å²) in [5.74, 6) is -0.710. The zero-order valence-electron chi connectivity index (χ0n) is 15.8. The second kappa shape index (κ2) is 7.16. The van der Waals surface area contributed by atoms with Crippen LogP contribution in [0.3, 0.4) is 0 Å². The number of carbonyl (C=O) groups is 1. The summed E-state index contributed by atoms with van der Waals surface area (Å²) in [5.41, 5.74) is 13.0. The summed E-state index contributed by atoms with van der Waals surface area (Å²) in [5, 5.41) is 4.67. The highest BCUT2D eigenvalue weighted by Gasteiger charge is 2.26. The van der Waals surface area contributed by atoms with Gasteiger partial charge < -0.3 is 5.73 Å². The first-order chi connectivity index (χ1) is 12.4. The van der Waals surface area contributed by atoms with Crippen LogP contribution in [0, 0.1) is 27.7 Å². The monoisotopic (exact) mass is 347 g/mol. The van der Waals surface area contributed by atoms with Crippen LogP contribution in [0.5, 0.6) is 0 Å². The Kier molecular flexibility index (Phi) is 4.94. The molecule has 2 aromatic carbocycles. The Bertz CT molecular complexity index is 942. The van der Waals surface area contributed by atoms with Crippen LogP contribution in [0.25, 0.3) is 5.69 Å². The molecular weight excluding hydrogens is 322 g/mol. The number of rotatable bonds is 5. The molecule has 1 atom stereocenters. The minimum absolute atomic E-state index is 0.315. The molecule has 4 nitrogen and oxygen atoms in total. The fourth-order valence-electron chi connectivity index (χ4n) is 3.56. The predicted octanol–water partition coefficient (Wildman–Crippen LogP) is 3.92. The van der Waals surface area contributed by atoms with Crippen molar-refractivity contribution in [2.75, 3.05) is 0 Å². The van der Waals surface area contributed by atoms with Gasteiger partial charge in [0, 0.05) is 11.3 Å². The number of benzene rings is 2. The van der Waals surface area contributed by atoms with Crippen LogP contribution < -0.4 is 5.73 Å². The molecule has 0 aliphatic heterocycles. The van der Waals surface area contributed by atoms with Crippen molar-refractivity contribution in [2.24, 2.45) is 5.73 Å². The van der Waals surface area contributed by atoms with Crippen molar-refractivity contribution in [1.29, 1.82) is 0 Å². The Morgan fingerprint density at radius 3 is 2.42 bits per heavy atom. The highest BCUT2D eigenvalue weighted by molar-refractivity contribution is 5.83. The number of nitrogens with two attached hydrogens (primary N) is 1. The van der Waals surface area contributed by atoms with Crippen LogP contribution in [-0.4, -0.2) is 15.7 Å². The second-order valence-corrected chi connectivity index (χ2v) is 6.92. The summed E-state index contributed by atoms with van der Waals surface area (Å²) in [4.78, 5) is 12.3. The second-order valence-electron chi connectivity index (χ2n) is 6.92. The van der Waals surface area contributed by atoms with E-state index in [9.17, 15) is 4.79 Å². The molecule has 134 valence electrons. The molecule has 2 N–H and O–H groups in total. The van der Waals surface area contributed by atoms with Crippen molar-refractivity contribution < 1.29 is 4.79 Å². The van der Waals surface area contributed by atoms with E-state index in [0.29, 0.717) is 6.42 Å². The average molecular weight is 347 g/mol. The molecule has 4 heteroatoms. The predicted molar refractivity (Wildman–Crippen MR) is 105 cm³/mol. The van der Waals surface area contributed by atoms with Gasteiger partial charge in [-0.15, -0.1) is 0 Å². The summed E-state index contributed by atoms with van der Waals surface area (Å²) in [6.07, 6.45) is 0.588. The van der Waals surface area contributed by atoms with Gasteiger partial charge in [0.05, 0.1) is 17.3 Å². The first kappa shape index (κ1) is 17.9. The molecule has 3 rings (SSSR count). The standard InChI is InChI=1S/C22H25N3O/c1-14-10-11-15(2)18(12-14)13-20(22(23)26)21-16(3)24-25(17(21)4)19-8-6-5-7-9-19/h5-12,20H,13H2,1-4H3,(H2,23,26). The lowest BCUT2D eigenvalue weighted by molar-refractivity contribution is -0.119. The van der Waals surface area contributed by atoms with Crippen LogP contribution in [0.1, 0.15) is 39.6 Å². The molecule has 1 amide bonds. The normalized spacial score (nSPS) is 12.2. The molecule has 0 saturated heterocycles. The number of aryl methyl sites for hydroxylation is 3. The summed E-state index contributed by atoms with van der Waals surface area (Å²) in [7, 11) is 0. The van der Waals surface area contributed by atoms with Crippen molar-refractivity contribution in [3.8, 4) is 5.69 Å². The maximum atomic E-state index is 12.3. The van der Waals surface area contributed by atoms with Gasteiger partial charge >= 0.3 is 0 Å². The topological polar surface area (TPSA) is 60.9 Å². The number of hydrogen-bond donors (Lipinski definition) is 1. The van der Waals surface area contributed by atoms with E-state index in [-0.39, 0.29) is 5.91 Å². The molecule has 0 saturated carbocycles. The van der Waals surface area contributed by atoms with Crippen LogP contribution >= 0.6 is 0 Å². The highest BCUT2D eigenvalue weighted by Crippen LogP contribution is 2.29. The molecule has 26 heavy (non-hydrogen) atoms. The third-order valence-electron chi connectivity index (χ3n) is 4.97. The Morgan fingerprint density at radius 1 is 1.08 bits per heavy atom. The molecule has 1 heterocycles. The van der Waals surface area contributed by atoms with E-state index in [1.165, 1.54) is 11.1 Å². The Morgan fingerprint density at radius 2 is 1.77 bits per heavy atom. The molecule has 1 unspecified atom stereocenters. The van der Waals surface area contributed by atoms with Crippen molar-refractivity contribution in [2.45, 2.75) is 40.0 Å². The summed E-state index contributed by atoms with van der Waals surface area (Å²) in [6, 6.07) is 16.3. The lowest BCUT2D eigenvalue weighted by atomic mass is 9.88. The molecule has 0 bridgehead atoms. The van der Waals surface area contributed by atoms with E-state index in [1.54, 1.807) is 0 Å². The molecule has 0 aliphatic rings. The number of primary amides is 1. The van der Waals surface area contributed by atoms with Crippen molar-refractivity contribution in [1.82, 2.24) is 9.78 Å². The quantitative estimate of drug-likeness (QED) is 0.760. The van der Waals surface area contributed by atoms with Gasteiger partial charge in [-0.3, -0.25) is 4.79 Å². The third kappa shape index (κ3) is 3.40. The number of nitrogens with zero attached hydrogens (tertiary/aromatic N) is 2. The fourth-order valence-corrected chi connectivity index (χ4v) is 3.56. The maximum Gasteiger partial charge on any atom is 0.225 e. The van der Waals surface area contributed by atoms with Crippen molar-refractivity contribution in [3.63, 3.8) is 0 Å². The van der Waals surface area contributed by atoms with Crippen LogP contribution in [0.15, 0.2) is 48.5 Å². The maximum absolute atomic E-state index is 12.3. The number of carbonyl (C=O) groups excluding carboxylic acids is 1. The first-order valence-corrected chi connectivity index (χ1v) is 8.85. The highest BCUT2D eigenvalue weighted by atomic mass is 16.1. The summed E-state index contributed by atoms with van der Waals surface area (Å²) < 4.78 is 1.89. The molecule has 0 radical (unpaired) electrons. The number of aromatic nitrogens is 2. The lowest BCUT2D eigenvalue weighted by Crippen LogP contribution is -2.24. The minimum atomic E-state index is -0.395. The van der Waals surface area contributed by atoms with E-state index >= 15 is 0 Å². The van der Waals surface area contributed by atoms with E-state index < -0.39 is 5.92 Å². The van der Waals surface area contributed by atoms with Crippen LogP contribution in [-0.2, 0) is 11.2 Å². The largest absolute Gasteiger partial charge is 0.369 e. The SMILES string of the molecule is Cc1ccc(C)c(CC(C(N)=O)c2c(C)nn(-c3ccccc3)c2C)c1. The van der Waals surface area contributed by atoms with Gasteiger partial charge in [0.1, 0.15) is 0 Å². The van der Waals surface area contributed by atoms with Crippen LogP contribution in [0.2, 0.25) is 0 Å². The van der Waals surface area contributed by atoms with E-state index in [0.717, 1.165) is 28.2 Å². The fraction of sp³-hybridized carbons (Fsp3) is 0.273. The van der Waals surface area contributed by atoms with Gasteiger partial charge in [0.25, 0.3) is 0 Å².